The van der Waals surface area contributed by atoms with Crippen molar-refractivity contribution in [3.63, 3.8) is 0 Å². The minimum Gasteiger partial charge on any atom is -0.338 e. The van der Waals surface area contributed by atoms with Crippen molar-refractivity contribution in [2.75, 3.05) is 24.6 Å². The van der Waals surface area contributed by atoms with Crippen molar-refractivity contribution >= 4 is 15.7 Å². The van der Waals surface area contributed by atoms with Crippen LogP contribution < -0.4 is 5.32 Å². The molecule has 1 N–H and O–H groups in total. The van der Waals surface area contributed by atoms with Gasteiger partial charge in [-0.2, -0.15) is 0 Å². The van der Waals surface area contributed by atoms with Crippen molar-refractivity contribution in [1.82, 2.24) is 10.2 Å². The van der Waals surface area contributed by atoms with Gasteiger partial charge in [0.25, 0.3) is 0 Å². The number of nitrogens with zero attached hydrogens (tertiary/aromatic N) is 1. The summed E-state index contributed by atoms with van der Waals surface area (Å²) in [6, 6.07) is 0.488. The first-order valence-electron chi connectivity index (χ1n) is 7.13. The Kier molecular flexibility index (Phi) is 4.50. The zero-order valence-electron chi connectivity index (χ0n) is 11.8. The predicted molar refractivity (Wildman–Crippen MR) is 74.6 cm³/mol. The lowest BCUT2D eigenvalue weighted by atomic mass is 10.1. The highest BCUT2D eigenvalue weighted by atomic mass is 32.2. The number of rotatable bonds is 4. The summed E-state index contributed by atoms with van der Waals surface area (Å²) in [5, 5.41) is 3.39. The third-order valence-electron chi connectivity index (χ3n) is 4.07. The van der Waals surface area contributed by atoms with Gasteiger partial charge in [-0.05, 0) is 39.7 Å². The summed E-state index contributed by atoms with van der Waals surface area (Å²) in [5.41, 5.74) is 0. The van der Waals surface area contributed by atoms with E-state index < -0.39 is 9.84 Å². The standard InChI is InChI=1S/C13H24N2O3S/c1-10(2)15(8-12-4-3-6-14-12)13(16)11-5-7-19(17,18)9-11/h10-12,14H,3-9H2,1-2H3. The fourth-order valence-electron chi connectivity index (χ4n) is 2.93. The van der Waals surface area contributed by atoms with Gasteiger partial charge in [0, 0.05) is 18.6 Å². The van der Waals surface area contributed by atoms with Crippen molar-refractivity contribution < 1.29 is 13.2 Å². The third kappa shape index (κ3) is 3.69. The van der Waals surface area contributed by atoms with E-state index in [9.17, 15) is 13.2 Å². The Labute approximate surface area is 115 Å². The molecule has 2 atom stereocenters. The molecule has 0 spiro atoms. The molecule has 19 heavy (non-hydrogen) atoms. The number of amides is 1. The lowest BCUT2D eigenvalue weighted by molar-refractivity contribution is -0.136. The van der Waals surface area contributed by atoms with E-state index in [-0.39, 0.29) is 29.4 Å². The quantitative estimate of drug-likeness (QED) is 0.814. The van der Waals surface area contributed by atoms with Crippen LogP contribution in [0.5, 0.6) is 0 Å². The van der Waals surface area contributed by atoms with Crippen molar-refractivity contribution in [2.24, 2.45) is 5.92 Å². The molecule has 2 aliphatic rings. The van der Waals surface area contributed by atoms with Gasteiger partial charge in [0.2, 0.25) is 5.91 Å². The molecular formula is C13H24N2O3S. The van der Waals surface area contributed by atoms with Gasteiger partial charge in [-0.1, -0.05) is 0 Å². The van der Waals surface area contributed by atoms with E-state index in [2.05, 4.69) is 5.32 Å². The normalized spacial score (nSPS) is 29.8. The summed E-state index contributed by atoms with van der Waals surface area (Å²) in [7, 11) is -2.99. The Morgan fingerprint density at radius 2 is 2.11 bits per heavy atom. The minimum absolute atomic E-state index is 0.0183. The van der Waals surface area contributed by atoms with E-state index in [0.29, 0.717) is 19.0 Å². The fraction of sp³-hybridized carbons (Fsp3) is 0.923. The molecule has 110 valence electrons. The van der Waals surface area contributed by atoms with Crippen LogP contribution in [0.25, 0.3) is 0 Å². The maximum Gasteiger partial charge on any atom is 0.227 e. The van der Waals surface area contributed by atoms with Crippen LogP contribution in [0, 0.1) is 5.92 Å². The average Bonchev–Trinajstić information content (AvgIpc) is 2.94. The van der Waals surface area contributed by atoms with E-state index in [1.807, 2.05) is 18.7 Å². The molecule has 1 amide bonds. The van der Waals surface area contributed by atoms with Crippen LogP contribution in [-0.2, 0) is 14.6 Å². The van der Waals surface area contributed by atoms with Crippen LogP contribution in [0.15, 0.2) is 0 Å². The second-order valence-electron chi connectivity index (χ2n) is 5.98. The maximum atomic E-state index is 12.5. The molecule has 0 radical (unpaired) electrons. The van der Waals surface area contributed by atoms with Crippen molar-refractivity contribution in [1.29, 1.82) is 0 Å². The molecule has 0 aliphatic carbocycles. The minimum atomic E-state index is -2.99. The summed E-state index contributed by atoms with van der Waals surface area (Å²) in [6.07, 6.45) is 2.74. The molecule has 0 saturated carbocycles. The largest absolute Gasteiger partial charge is 0.338 e. The molecule has 0 aromatic rings. The lowest BCUT2D eigenvalue weighted by Crippen LogP contribution is -2.47. The maximum absolute atomic E-state index is 12.5. The number of hydrogen-bond acceptors (Lipinski definition) is 4. The van der Waals surface area contributed by atoms with E-state index in [4.69, 9.17) is 0 Å². The van der Waals surface area contributed by atoms with Crippen LogP contribution in [0.2, 0.25) is 0 Å². The highest BCUT2D eigenvalue weighted by Crippen LogP contribution is 2.22. The molecule has 6 heteroatoms. The molecule has 0 aromatic heterocycles. The number of carbonyl (C=O) groups excluding carboxylic acids is 1. The zero-order valence-corrected chi connectivity index (χ0v) is 12.6. The molecular weight excluding hydrogens is 264 g/mol. The number of hydrogen-bond donors (Lipinski definition) is 1. The summed E-state index contributed by atoms with van der Waals surface area (Å²) >= 11 is 0. The van der Waals surface area contributed by atoms with Crippen LogP contribution in [0.1, 0.15) is 33.1 Å². The second kappa shape index (κ2) is 5.79. The first kappa shape index (κ1) is 14.8. The van der Waals surface area contributed by atoms with Gasteiger partial charge >= 0.3 is 0 Å². The average molecular weight is 288 g/mol. The van der Waals surface area contributed by atoms with Gasteiger partial charge < -0.3 is 10.2 Å². The summed E-state index contributed by atoms with van der Waals surface area (Å²) in [6.45, 7) is 5.71. The third-order valence-corrected chi connectivity index (χ3v) is 5.84. The monoisotopic (exact) mass is 288 g/mol. The predicted octanol–water partition coefficient (Wildman–Crippen LogP) is 0.410. The molecule has 2 unspecified atom stereocenters. The second-order valence-corrected chi connectivity index (χ2v) is 8.21. The molecule has 2 heterocycles. The van der Waals surface area contributed by atoms with Gasteiger partial charge in [-0.3, -0.25) is 4.79 Å². The van der Waals surface area contributed by atoms with E-state index in [1.165, 1.54) is 0 Å². The van der Waals surface area contributed by atoms with Crippen LogP contribution in [-0.4, -0.2) is 55.9 Å². The Morgan fingerprint density at radius 3 is 2.58 bits per heavy atom. The first-order valence-corrected chi connectivity index (χ1v) is 8.95. The molecule has 0 aromatic carbocycles. The highest BCUT2D eigenvalue weighted by molar-refractivity contribution is 7.91. The lowest BCUT2D eigenvalue weighted by Gasteiger charge is -2.31. The Bertz CT molecular complexity index is 427. The molecule has 2 aliphatic heterocycles. The number of nitrogens with one attached hydrogen (secondary N) is 1. The topological polar surface area (TPSA) is 66.5 Å². The van der Waals surface area contributed by atoms with Crippen molar-refractivity contribution in [3.8, 4) is 0 Å². The Balaban J connectivity index is 2.00. The Hall–Kier alpha value is -0.620. The first-order chi connectivity index (χ1) is 8.89. The summed E-state index contributed by atoms with van der Waals surface area (Å²) < 4.78 is 23.0. The van der Waals surface area contributed by atoms with Gasteiger partial charge in [0.1, 0.15) is 0 Å². The summed E-state index contributed by atoms with van der Waals surface area (Å²) in [4.78, 5) is 14.4. The highest BCUT2D eigenvalue weighted by Gasteiger charge is 2.36. The van der Waals surface area contributed by atoms with E-state index in [0.717, 1.165) is 19.4 Å². The molecule has 0 bridgehead atoms. The van der Waals surface area contributed by atoms with Gasteiger partial charge in [-0.25, -0.2) is 8.42 Å². The van der Waals surface area contributed by atoms with Gasteiger partial charge in [-0.15, -0.1) is 0 Å². The number of sulfone groups is 1. The van der Waals surface area contributed by atoms with Crippen molar-refractivity contribution in [2.45, 2.75) is 45.2 Å². The van der Waals surface area contributed by atoms with Gasteiger partial charge in [0.05, 0.1) is 17.4 Å². The zero-order chi connectivity index (χ0) is 14.0. The SMILES string of the molecule is CC(C)N(CC1CCCN1)C(=O)C1CCS(=O)(=O)C1. The van der Waals surface area contributed by atoms with Gasteiger partial charge in [0.15, 0.2) is 9.84 Å². The van der Waals surface area contributed by atoms with E-state index in [1.54, 1.807) is 0 Å². The molecule has 2 fully saturated rings. The summed E-state index contributed by atoms with van der Waals surface area (Å²) in [5.74, 6) is -0.108. The smallest absolute Gasteiger partial charge is 0.227 e. The molecule has 5 nitrogen and oxygen atoms in total. The van der Waals surface area contributed by atoms with Crippen LogP contribution in [0.3, 0.4) is 0 Å². The van der Waals surface area contributed by atoms with Crippen LogP contribution >= 0.6 is 0 Å². The Morgan fingerprint density at radius 1 is 1.37 bits per heavy atom. The molecule has 2 rings (SSSR count). The van der Waals surface area contributed by atoms with Crippen LogP contribution in [0.4, 0.5) is 0 Å². The van der Waals surface area contributed by atoms with Crippen molar-refractivity contribution in [3.05, 3.63) is 0 Å². The number of carbonyl (C=O) groups is 1. The van der Waals surface area contributed by atoms with E-state index >= 15 is 0 Å². The molecule has 2 saturated heterocycles. The fourth-order valence-corrected chi connectivity index (χ4v) is 4.66.